The molecule has 1 aromatic rings. The number of hydrogen-bond acceptors (Lipinski definition) is 10. The highest BCUT2D eigenvalue weighted by Crippen LogP contribution is 2.49. The molecule has 3 saturated heterocycles. The number of hydrogen-bond donors (Lipinski definition) is 2. The molecular weight excluding hydrogens is 568 g/mol. The lowest BCUT2D eigenvalue weighted by Crippen LogP contribution is -2.61. The standard InChI is InChI=1S/C34H52O10/c1-19(12-13-25(40-8)23-10-9-11-24(14-23)39-7)31-21(3)26-15-28(43-31)32-33(5,6)17-20(2)34(38,44-32)18-30(37)42-27(22(4)35)16-29(36)41-26/h9-11,14,19-22,25-28,31-32,35,38H,12-13,15-18H2,1-8H3/t19-,20+,21-,22+,25-,26-,27+,28?,31+,32?,34-/m0/s1. The number of fused-ring (bicyclic) bond motifs is 5. The van der Waals surface area contributed by atoms with Gasteiger partial charge in [-0.25, -0.2) is 0 Å². The minimum Gasteiger partial charge on any atom is -0.497 e. The minimum atomic E-state index is -1.79. The molecule has 10 heteroatoms. The van der Waals surface area contributed by atoms with Crippen LogP contribution in [0.25, 0.3) is 0 Å². The lowest BCUT2D eigenvalue weighted by atomic mass is 9.69. The topological polar surface area (TPSA) is 130 Å². The van der Waals surface area contributed by atoms with Crippen LogP contribution in [0.15, 0.2) is 24.3 Å². The molecule has 0 amide bonds. The Morgan fingerprint density at radius 2 is 1.77 bits per heavy atom. The smallest absolute Gasteiger partial charge is 0.311 e. The van der Waals surface area contributed by atoms with Gasteiger partial charge in [0.25, 0.3) is 0 Å². The summed E-state index contributed by atoms with van der Waals surface area (Å²) in [6, 6.07) is 7.86. The number of carbonyl (C=O) groups excluding carboxylic acids is 2. The number of aliphatic hydroxyl groups is 2. The zero-order valence-electron chi connectivity index (χ0n) is 27.5. The molecule has 1 aromatic carbocycles. The highest BCUT2D eigenvalue weighted by molar-refractivity contribution is 5.73. The quantitative estimate of drug-likeness (QED) is 0.394. The van der Waals surface area contributed by atoms with Crippen molar-refractivity contribution in [1.29, 1.82) is 0 Å². The van der Waals surface area contributed by atoms with Crippen LogP contribution in [-0.2, 0) is 33.3 Å². The van der Waals surface area contributed by atoms with E-state index in [0.717, 1.165) is 24.2 Å². The van der Waals surface area contributed by atoms with E-state index in [1.54, 1.807) is 14.2 Å². The summed E-state index contributed by atoms with van der Waals surface area (Å²) in [5, 5.41) is 22.0. The van der Waals surface area contributed by atoms with Crippen molar-refractivity contribution in [3.8, 4) is 5.75 Å². The molecule has 0 saturated carbocycles. The SMILES string of the molecule is COc1cccc([C@H](CC[C@H](C)[C@H]2OC3C[C@H](OC(=O)C[C@H]([C@@H](C)O)OC(=O)C[C@]4(O)OC3C(C)(C)C[C@H]4C)[C@@H]2C)OC)c1. The van der Waals surface area contributed by atoms with Gasteiger partial charge in [0.05, 0.1) is 50.5 Å². The summed E-state index contributed by atoms with van der Waals surface area (Å²) in [5.41, 5.74) is 0.626. The van der Waals surface area contributed by atoms with Crippen LogP contribution in [0.1, 0.15) is 91.7 Å². The maximum absolute atomic E-state index is 13.2. The Morgan fingerprint density at radius 1 is 1.05 bits per heavy atom. The first-order valence-corrected chi connectivity index (χ1v) is 16.0. The number of methoxy groups -OCH3 is 2. The highest BCUT2D eigenvalue weighted by Gasteiger charge is 2.56. The number of cyclic esters (lactones) is 1. The Labute approximate surface area is 261 Å². The third kappa shape index (κ3) is 7.76. The summed E-state index contributed by atoms with van der Waals surface area (Å²) in [7, 11) is 3.34. The molecule has 11 atom stereocenters. The number of carbonyl (C=O) groups is 2. The molecule has 3 aliphatic rings. The van der Waals surface area contributed by atoms with Gasteiger partial charge < -0.3 is 38.6 Å². The lowest BCUT2D eigenvalue weighted by molar-refractivity contribution is -0.337. The van der Waals surface area contributed by atoms with Crippen LogP contribution in [0.3, 0.4) is 0 Å². The van der Waals surface area contributed by atoms with E-state index in [-0.39, 0.29) is 36.4 Å². The molecule has 0 aliphatic carbocycles. The van der Waals surface area contributed by atoms with Gasteiger partial charge in [-0.2, -0.15) is 0 Å². The third-order valence-corrected chi connectivity index (χ3v) is 10.0. The first-order valence-electron chi connectivity index (χ1n) is 16.0. The Morgan fingerprint density at radius 3 is 2.43 bits per heavy atom. The van der Waals surface area contributed by atoms with E-state index in [0.29, 0.717) is 12.8 Å². The second-order valence-electron chi connectivity index (χ2n) is 13.9. The number of esters is 2. The van der Waals surface area contributed by atoms with Gasteiger partial charge >= 0.3 is 11.9 Å². The van der Waals surface area contributed by atoms with Gasteiger partial charge in [-0.05, 0) is 55.2 Å². The van der Waals surface area contributed by atoms with Crippen LogP contribution in [0.4, 0.5) is 0 Å². The van der Waals surface area contributed by atoms with Gasteiger partial charge in [-0.3, -0.25) is 9.59 Å². The Balaban J connectivity index is 1.62. The summed E-state index contributed by atoms with van der Waals surface area (Å²) in [6.45, 7) is 11.6. The molecule has 4 rings (SSSR count). The molecule has 4 bridgehead atoms. The largest absolute Gasteiger partial charge is 0.497 e. The molecule has 0 aromatic heterocycles. The number of ether oxygens (including phenoxy) is 6. The van der Waals surface area contributed by atoms with Crippen molar-refractivity contribution < 1.29 is 48.2 Å². The number of aliphatic hydroxyl groups excluding tert-OH is 1. The molecule has 248 valence electrons. The first-order chi connectivity index (χ1) is 20.7. The second kappa shape index (κ2) is 14.0. The van der Waals surface area contributed by atoms with Crippen LogP contribution in [-0.4, -0.2) is 78.8 Å². The fourth-order valence-electron chi connectivity index (χ4n) is 7.34. The van der Waals surface area contributed by atoms with E-state index in [9.17, 15) is 19.8 Å². The van der Waals surface area contributed by atoms with E-state index in [4.69, 9.17) is 28.4 Å². The molecule has 3 heterocycles. The molecule has 3 fully saturated rings. The van der Waals surface area contributed by atoms with Crippen molar-refractivity contribution in [3.05, 3.63) is 29.8 Å². The van der Waals surface area contributed by atoms with Gasteiger partial charge in [-0.1, -0.05) is 46.8 Å². The summed E-state index contributed by atoms with van der Waals surface area (Å²) in [5.74, 6) is -2.77. The van der Waals surface area contributed by atoms with Crippen LogP contribution in [0, 0.1) is 23.2 Å². The van der Waals surface area contributed by atoms with Gasteiger partial charge in [0, 0.05) is 25.4 Å². The van der Waals surface area contributed by atoms with Gasteiger partial charge in [0.2, 0.25) is 0 Å². The maximum atomic E-state index is 13.2. The maximum Gasteiger partial charge on any atom is 0.311 e. The predicted molar refractivity (Wildman–Crippen MR) is 162 cm³/mol. The molecule has 44 heavy (non-hydrogen) atoms. The Kier molecular flexibility index (Phi) is 11.0. The molecule has 2 unspecified atom stereocenters. The van der Waals surface area contributed by atoms with Gasteiger partial charge in [0.1, 0.15) is 18.0 Å². The minimum absolute atomic E-state index is 0.0626. The van der Waals surface area contributed by atoms with Crippen LogP contribution in [0.5, 0.6) is 5.75 Å². The molecule has 0 spiro atoms. The second-order valence-corrected chi connectivity index (χ2v) is 13.9. The monoisotopic (exact) mass is 620 g/mol. The third-order valence-electron chi connectivity index (χ3n) is 10.0. The Bertz CT molecular complexity index is 1140. The van der Waals surface area contributed by atoms with Crippen LogP contribution in [0.2, 0.25) is 0 Å². The van der Waals surface area contributed by atoms with E-state index in [2.05, 4.69) is 20.8 Å². The van der Waals surface area contributed by atoms with E-state index in [1.807, 2.05) is 38.1 Å². The fourth-order valence-corrected chi connectivity index (χ4v) is 7.34. The molecule has 10 nitrogen and oxygen atoms in total. The number of benzene rings is 1. The number of rotatable bonds is 8. The van der Waals surface area contributed by atoms with Crippen molar-refractivity contribution in [3.63, 3.8) is 0 Å². The molecule has 2 N–H and O–H groups in total. The van der Waals surface area contributed by atoms with Crippen molar-refractivity contribution in [2.45, 2.75) is 129 Å². The lowest BCUT2D eigenvalue weighted by Gasteiger charge is -2.54. The summed E-state index contributed by atoms with van der Waals surface area (Å²) in [4.78, 5) is 26.1. The first kappa shape index (κ1) is 34.6. The molecule has 3 aliphatic heterocycles. The molecule has 0 radical (unpaired) electrons. The fraction of sp³-hybridized carbons (Fsp3) is 0.765. The Hall–Kier alpha value is -2.24. The summed E-state index contributed by atoms with van der Waals surface area (Å²) in [6.07, 6.45) is -2.42. The van der Waals surface area contributed by atoms with E-state index in [1.165, 1.54) is 6.92 Å². The zero-order chi connectivity index (χ0) is 32.4. The highest BCUT2D eigenvalue weighted by atomic mass is 16.7. The van der Waals surface area contributed by atoms with Crippen molar-refractivity contribution in [1.82, 2.24) is 0 Å². The summed E-state index contributed by atoms with van der Waals surface area (Å²) < 4.78 is 36.1. The zero-order valence-corrected chi connectivity index (χ0v) is 27.5. The van der Waals surface area contributed by atoms with Crippen LogP contribution >= 0.6 is 0 Å². The molecular formula is C34H52O10. The van der Waals surface area contributed by atoms with Crippen molar-refractivity contribution in [2.24, 2.45) is 23.2 Å². The van der Waals surface area contributed by atoms with Gasteiger partial charge in [0.15, 0.2) is 5.79 Å². The van der Waals surface area contributed by atoms with Gasteiger partial charge in [-0.15, -0.1) is 0 Å². The van der Waals surface area contributed by atoms with E-state index >= 15 is 0 Å². The average Bonchev–Trinajstić information content (AvgIpc) is 2.96. The summed E-state index contributed by atoms with van der Waals surface area (Å²) >= 11 is 0. The van der Waals surface area contributed by atoms with E-state index < -0.39 is 60.1 Å². The van der Waals surface area contributed by atoms with Crippen LogP contribution < -0.4 is 4.74 Å². The normalized spacial score (nSPS) is 36.4. The predicted octanol–water partition coefficient (Wildman–Crippen LogP) is 4.73. The van der Waals surface area contributed by atoms with Crippen molar-refractivity contribution >= 4 is 11.9 Å². The average molecular weight is 621 g/mol. The van der Waals surface area contributed by atoms with Crippen molar-refractivity contribution in [2.75, 3.05) is 14.2 Å².